The van der Waals surface area contributed by atoms with E-state index in [0.717, 1.165) is 31.5 Å². The van der Waals surface area contributed by atoms with Gasteiger partial charge in [0, 0.05) is 37.4 Å². The van der Waals surface area contributed by atoms with Crippen LogP contribution in [0, 0.1) is 5.41 Å². The molecule has 3 rings (SSSR count). The second-order valence-electron chi connectivity index (χ2n) is 5.89. The lowest BCUT2D eigenvalue weighted by Gasteiger charge is -2.23. The fraction of sp³-hybridized carbons (Fsp3) is 0.412. The number of nitrogens with one attached hydrogen (secondary N) is 1. The van der Waals surface area contributed by atoms with Crippen LogP contribution in [0.3, 0.4) is 0 Å². The summed E-state index contributed by atoms with van der Waals surface area (Å²) in [5.41, 5.74) is 2.34. The monoisotopic (exact) mass is 270 g/mol. The van der Waals surface area contributed by atoms with Gasteiger partial charge in [0.25, 0.3) is 0 Å². The number of aryl methyl sites for hydroxylation is 1. The second kappa shape index (κ2) is 5.43. The molecular weight excluding hydrogens is 248 g/mol. The van der Waals surface area contributed by atoms with Gasteiger partial charge in [0.15, 0.2) is 0 Å². The van der Waals surface area contributed by atoms with Gasteiger partial charge in [-0.15, -0.1) is 0 Å². The van der Waals surface area contributed by atoms with E-state index in [9.17, 15) is 5.11 Å². The van der Waals surface area contributed by atoms with E-state index >= 15 is 0 Å². The molecule has 3 nitrogen and oxygen atoms in total. The molecule has 0 bridgehead atoms. The molecule has 1 aromatic carbocycles. The van der Waals surface area contributed by atoms with Crippen molar-refractivity contribution in [2.45, 2.75) is 25.5 Å². The van der Waals surface area contributed by atoms with Crippen molar-refractivity contribution in [1.82, 2.24) is 9.88 Å². The Kier molecular flexibility index (Phi) is 3.64. The largest absolute Gasteiger partial charge is 0.388 e. The molecule has 0 radical (unpaired) electrons. The van der Waals surface area contributed by atoms with Crippen molar-refractivity contribution in [2.24, 2.45) is 12.5 Å². The third kappa shape index (κ3) is 2.65. The molecule has 1 unspecified atom stereocenters. The molecule has 1 aromatic heterocycles. The third-order valence-electron chi connectivity index (χ3n) is 4.42. The van der Waals surface area contributed by atoms with Gasteiger partial charge in [-0.3, -0.25) is 0 Å². The zero-order valence-corrected chi connectivity index (χ0v) is 11.9. The maximum absolute atomic E-state index is 10.6. The summed E-state index contributed by atoms with van der Waals surface area (Å²) in [4.78, 5) is 0. The molecule has 1 aliphatic carbocycles. The van der Waals surface area contributed by atoms with Crippen molar-refractivity contribution in [3.8, 4) is 0 Å². The Labute approximate surface area is 120 Å². The summed E-state index contributed by atoms with van der Waals surface area (Å²) < 4.78 is 2.13. The van der Waals surface area contributed by atoms with E-state index in [2.05, 4.69) is 35.3 Å². The van der Waals surface area contributed by atoms with Gasteiger partial charge in [-0.25, -0.2) is 0 Å². The molecule has 1 aliphatic rings. The molecular formula is C17H22N2O. The molecule has 0 aliphatic heterocycles. The quantitative estimate of drug-likeness (QED) is 0.846. The van der Waals surface area contributed by atoms with Gasteiger partial charge in [0.2, 0.25) is 0 Å². The van der Waals surface area contributed by atoms with Crippen molar-refractivity contribution < 1.29 is 5.11 Å². The predicted octanol–water partition coefficient (Wildman–Crippen LogP) is 2.63. The van der Waals surface area contributed by atoms with Gasteiger partial charge in [0.1, 0.15) is 0 Å². The normalized spacial score (nSPS) is 17.9. The van der Waals surface area contributed by atoms with Gasteiger partial charge in [-0.1, -0.05) is 30.3 Å². The molecule has 1 atom stereocenters. The van der Waals surface area contributed by atoms with Gasteiger partial charge < -0.3 is 15.0 Å². The minimum Gasteiger partial charge on any atom is -0.388 e. The van der Waals surface area contributed by atoms with Gasteiger partial charge in [-0.2, -0.15) is 0 Å². The minimum absolute atomic E-state index is 0.0342. The molecule has 2 N–H and O–H groups in total. The summed E-state index contributed by atoms with van der Waals surface area (Å²) in [7, 11) is 2.06. The standard InChI is InChI=1S/C17H22N2O/c1-19-11-5-8-15(19)12-18-13-17(9-10-17)16(20)14-6-3-2-4-7-14/h2-8,11,16,18,20H,9-10,12-13H2,1H3. The van der Waals surface area contributed by atoms with Crippen molar-refractivity contribution >= 4 is 0 Å². The van der Waals surface area contributed by atoms with Crippen LogP contribution in [0.2, 0.25) is 0 Å². The highest BCUT2D eigenvalue weighted by atomic mass is 16.3. The topological polar surface area (TPSA) is 37.2 Å². The summed E-state index contributed by atoms with van der Waals surface area (Å²) in [5, 5.41) is 14.1. The first kappa shape index (κ1) is 13.4. The van der Waals surface area contributed by atoms with Crippen LogP contribution in [0.4, 0.5) is 0 Å². The number of benzene rings is 1. The summed E-state index contributed by atoms with van der Waals surface area (Å²) in [5.74, 6) is 0. The molecule has 1 heterocycles. The van der Waals surface area contributed by atoms with Crippen molar-refractivity contribution in [2.75, 3.05) is 6.54 Å². The predicted molar refractivity (Wildman–Crippen MR) is 80.2 cm³/mol. The highest BCUT2D eigenvalue weighted by Crippen LogP contribution is 2.54. The lowest BCUT2D eigenvalue weighted by Crippen LogP contribution is -2.29. The van der Waals surface area contributed by atoms with Crippen molar-refractivity contribution in [3.63, 3.8) is 0 Å². The van der Waals surface area contributed by atoms with Gasteiger partial charge in [0.05, 0.1) is 6.10 Å². The first-order chi connectivity index (χ1) is 9.71. The zero-order chi connectivity index (χ0) is 14.0. The fourth-order valence-electron chi connectivity index (χ4n) is 2.82. The fourth-order valence-corrected chi connectivity index (χ4v) is 2.82. The summed E-state index contributed by atoms with van der Waals surface area (Å²) in [6, 6.07) is 14.2. The number of rotatable bonds is 6. The molecule has 20 heavy (non-hydrogen) atoms. The number of aliphatic hydroxyl groups is 1. The molecule has 0 saturated heterocycles. The zero-order valence-electron chi connectivity index (χ0n) is 11.9. The lowest BCUT2D eigenvalue weighted by atomic mass is 9.92. The van der Waals surface area contributed by atoms with Crippen LogP contribution in [0.15, 0.2) is 48.7 Å². The average molecular weight is 270 g/mol. The van der Waals surface area contributed by atoms with Crippen LogP contribution in [-0.4, -0.2) is 16.2 Å². The number of nitrogens with zero attached hydrogens (tertiary/aromatic N) is 1. The van der Waals surface area contributed by atoms with E-state index in [1.165, 1.54) is 5.69 Å². The van der Waals surface area contributed by atoms with Crippen LogP contribution >= 0.6 is 0 Å². The van der Waals surface area contributed by atoms with E-state index < -0.39 is 0 Å². The molecule has 1 fully saturated rings. The van der Waals surface area contributed by atoms with Crippen molar-refractivity contribution in [3.05, 3.63) is 59.9 Å². The molecule has 1 saturated carbocycles. The third-order valence-corrected chi connectivity index (χ3v) is 4.42. The van der Waals surface area contributed by atoms with Gasteiger partial charge in [-0.05, 0) is 30.5 Å². The first-order valence-corrected chi connectivity index (χ1v) is 7.25. The Balaban J connectivity index is 1.58. The maximum Gasteiger partial charge on any atom is 0.0858 e. The van der Waals surface area contributed by atoms with Crippen LogP contribution in [0.1, 0.15) is 30.2 Å². The average Bonchev–Trinajstić information content (AvgIpc) is 3.16. The SMILES string of the molecule is Cn1cccc1CNCC1(C(O)c2ccccc2)CC1. The second-order valence-corrected chi connectivity index (χ2v) is 5.89. The molecule has 0 amide bonds. The summed E-state index contributed by atoms with van der Waals surface area (Å²) >= 11 is 0. The van der Waals surface area contributed by atoms with E-state index in [1.54, 1.807) is 0 Å². The Morgan fingerprint density at radius 2 is 1.95 bits per heavy atom. The highest BCUT2D eigenvalue weighted by molar-refractivity contribution is 5.22. The van der Waals surface area contributed by atoms with Crippen LogP contribution in [-0.2, 0) is 13.6 Å². The molecule has 3 heteroatoms. The smallest absolute Gasteiger partial charge is 0.0858 e. The number of aliphatic hydroxyl groups excluding tert-OH is 1. The number of hydrogen-bond donors (Lipinski definition) is 2. The Hall–Kier alpha value is -1.58. The number of aromatic nitrogens is 1. The molecule has 0 spiro atoms. The van der Waals surface area contributed by atoms with E-state index in [0.29, 0.717) is 0 Å². The number of hydrogen-bond acceptors (Lipinski definition) is 2. The Bertz CT molecular complexity index is 557. The Morgan fingerprint density at radius 1 is 1.20 bits per heavy atom. The van der Waals surface area contributed by atoms with Crippen molar-refractivity contribution in [1.29, 1.82) is 0 Å². The first-order valence-electron chi connectivity index (χ1n) is 7.25. The lowest BCUT2D eigenvalue weighted by molar-refractivity contribution is 0.0916. The summed E-state index contributed by atoms with van der Waals surface area (Å²) in [6.45, 7) is 1.72. The van der Waals surface area contributed by atoms with Crippen LogP contribution in [0.5, 0.6) is 0 Å². The highest BCUT2D eigenvalue weighted by Gasteiger charge is 2.48. The maximum atomic E-state index is 10.6. The molecule has 2 aromatic rings. The van der Waals surface area contributed by atoms with Crippen LogP contribution in [0.25, 0.3) is 0 Å². The van der Waals surface area contributed by atoms with E-state index in [4.69, 9.17) is 0 Å². The summed E-state index contributed by atoms with van der Waals surface area (Å²) in [6.07, 6.45) is 3.90. The van der Waals surface area contributed by atoms with E-state index in [-0.39, 0.29) is 11.5 Å². The van der Waals surface area contributed by atoms with Crippen LogP contribution < -0.4 is 5.32 Å². The van der Waals surface area contributed by atoms with E-state index in [1.807, 2.05) is 30.3 Å². The van der Waals surface area contributed by atoms with Gasteiger partial charge >= 0.3 is 0 Å². The Morgan fingerprint density at radius 3 is 2.55 bits per heavy atom. The minimum atomic E-state index is -0.357. The molecule has 106 valence electrons.